The predicted octanol–water partition coefficient (Wildman–Crippen LogP) is 1.89. The fraction of sp³-hybridized carbons (Fsp3) is 0.476. The second-order valence-electron chi connectivity index (χ2n) is 7.64. The molecule has 0 aromatic carbocycles. The summed E-state index contributed by atoms with van der Waals surface area (Å²) >= 11 is 0. The smallest absolute Gasteiger partial charge is 0.270 e. The molecule has 154 valence electrons. The van der Waals surface area contributed by atoms with Crippen molar-refractivity contribution >= 4 is 11.8 Å². The molecule has 0 aliphatic heterocycles. The van der Waals surface area contributed by atoms with E-state index in [1.807, 2.05) is 18.2 Å². The summed E-state index contributed by atoms with van der Waals surface area (Å²) < 4.78 is 0. The number of aromatic nitrogens is 3. The van der Waals surface area contributed by atoms with Crippen LogP contribution in [0, 0.1) is 18.8 Å². The van der Waals surface area contributed by atoms with Gasteiger partial charge in [0.05, 0.1) is 11.7 Å². The molecule has 8 nitrogen and oxygen atoms in total. The van der Waals surface area contributed by atoms with Gasteiger partial charge in [0.1, 0.15) is 11.5 Å². The van der Waals surface area contributed by atoms with Crippen molar-refractivity contribution in [3.8, 4) is 0 Å². The predicted molar refractivity (Wildman–Crippen MR) is 108 cm³/mol. The van der Waals surface area contributed by atoms with Crippen LogP contribution in [0.15, 0.2) is 35.3 Å². The fourth-order valence-electron chi connectivity index (χ4n) is 3.96. The van der Waals surface area contributed by atoms with Crippen molar-refractivity contribution in [2.24, 2.45) is 11.8 Å². The lowest BCUT2D eigenvalue weighted by atomic mass is 9.77. The number of nitrogens with one attached hydrogen (secondary N) is 3. The van der Waals surface area contributed by atoms with E-state index in [4.69, 9.17) is 0 Å². The minimum atomic E-state index is -0.332. The summed E-state index contributed by atoms with van der Waals surface area (Å²) in [7, 11) is 0. The quantitative estimate of drug-likeness (QED) is 0.688. The Labute approximate surface area is 169 Å². The van der Waals surface area contributed by atoms with Gasteiger partial charge in [-0.1, -0.05) is 6.07 Å². The van der Waals surface area contributed by atoms with Gasteiger partial charge in [0.15, 0.2) is 0 Å². The van der Waals surface area contributed by atoms with Gasteiger partial charge < -0.3 is 15.6 Å². The SMILES string of the molecule is CC(=O)NC(c1ccccn1)C1CCC(CNC(=O)c2cc(=O)[nH]c(C)n2)CC1. The van der Waals surface area contributed by atoms with E-state index >= 15 is 0 Å². The number of H-pyrrole nitrogens is 1. The van der Waals surface area contributed by atoms with Crippen LogP contribution in [-0.2, 0) is 4.79 Å². The molecule has 2 aromatic rings. The number of amides is 2. The van der Waals surface area contributed by atoms with E-state index in [2.05, 4.69) is 25.6 Å². The second kappa shape index (κ2) is 9.45. The van der Waals surface area contributed by atoms with Crippen LogP contribution in [0.3, 0.4) is 0 Å². The molecule has 3 N–H and O–H groups in total. The normalized spacial score (nSPS) is 19.9. The molecule has 8 heteroatoms. The van der Waals surface area contributed by atoms with E-state index in [1.165, 1.54) is 13.0 Å². The van der Waals surface area contributed by atoms with E-state index in [0.29, 0.717) is 24.2 Å². The number of aromatic amines is 1. The number of rotatable bonds is 6. The molecular formula is C21H27N5O3. The highest BCUT2D eigenvalue weighted by Crippen LogP contribution is 2.36. The molecule has 1 unspecified atom stereocenters. The van der Waals surface area contributed by atoms with Gasteiger partial charge in [0.2, 0.25) is 5.91 Å². The molecule has 29 heavy (non-hydrogen) atoms. The Morgan fingerprint density at radius 1 is 1.24 bits per heavy atom. The Hall–Kier alpha value is -3.03. The highest BCUT2D eigenvalue weighted by molar-refractivity contribution is 5.92. The molecular weight excluding hydrogens is 370 g/mol. The standard InChI is InChI=1S/C21H27N5O3/c1-13-24-18(11-19(28)25-13)21(29)23-12-15-6-8-16(9-7-15)20(26-14(2)27)17-5-3-4-10-22-17/h3-5,10-11,15-16,20H,6-9,12H2,1-2H3,(H,23,29)(H,26,27)(H,24,25,28). The van der Waals surface area contributed by atoms with E-state index in [9.17, 15) is 14.4 Å². The highest BCUT2D eigenvalue weighted by atomic mass is 16.2. The van der Waals surface area contributed by atoms with E-state index in [0.717, 1.165) is 31.4 Å². The van der Waals surface area contributed by atoms with Crippen LogP contribution < -0.4 is 16.2 Å². The van der Waals surface area contributed by atoms with Gasteiger partial charge in [0.25, 0.3) is 11.5 Å². The van der Waals surface area contributed by atoms with Gasteiger partial charge in [-0.3, -0.25) is 19.4 Å². The van der Waals surface area contributed by atoms with Crippen LogP contribution in [0.2, 0.25) is 0 Å². The summed E-state index contributed by atoms with van der Waals surface area (Å²) in [6, 6.07) is 6.87. The number of carbonyl (C=O) groups is 2. The van der Waals surface area contributed by atoms with Crippen LogP contribution in [0.4, 0.5) is 0 Å². The van der Waals surface area contributed by atoms with Gasteiger partial charge in [-0.15, -0.1) is 0 Å². The number of nitrogens with zero attached hydrogens (tertiary/aromatic N) is 2. The zero-order valence-electron chi connectivity index (χ0n) is 16.8. The topological polar surface area (TPSA) is 117 Å². The van der Waals surface area contributed by atoms with E-state index in [-0.39, 0.29) is 29.1 Å². The largest absolute Gasteiger partial charge is 0.350 e. The molecule has 1 aliphatic carbocycles. The monoisotopic (exact) mass is 397 g/mol. The molecule has 2 heterocycles. The molecule has 1 aliphatic rings. The summed E-state index contributed by atoms with van der Waals surface area (Å²) in [5.41, 5.74) is 0.692. The maximum Gasteiger partial charge on any atom is 0.270 e. The van der Waals surface area contributed by atoms with Crippen molar-refractivity contribution in [3.63, 3.8) is 0 Å². The Morgan fingerprint density at radius 2 is 2.00 bits per heavy atom. The van der Waals surface area contributed by atoms with Crippen molar-refractivity contribution in [1.82, 2.24) is 25.6 Å². The molecule has 0 saturated heterocycles. The Morgan fingerprint density at radius 3 is 2.62 bits per heavy atom. The summed E-state index contributed by atoms with van der Waals surface area (Å²) in [6.45, 7) is 3.72. The molecule has 1 atom stereocenters. The number of hydrogen-bond donors (Lipinski definition) is 3. The van der Waals surface area contributed by atoms with Gasteiger partial charge in [-0.25, -0.2) is 4.98 Å². The third kappa shape index (κ3) is 5.73. The van der Waals surface area contributed by atoms with Crippen molar-refractivity contribution in [3.05, 3.63) is 58.0 Å². The summed E-state index contributed by atoms with van der Waals surface area (Å²) in [5.74, 6) is 0.709. The van der Waals surface area contributed by atoms with Gasteiger partial charge in [-0.05, 0) is 56.6 Å². The first-order valence-corrected chi connectivity index (χ1v) is 9.96. The minimum Gasteiger partial charge on any atom is -0.350 e. The fourth-order valence-corrected chi connectivity index (χ4v) is 3.96. The molecule has 0 spiro atoms. The van der Waals surface area contributed by atoms with Gasteiger partial charge in [0, 0.05) is 25.7 Å². The average molecular weight is 397 g/mol. The first-order chi connectivity index (χ1) is 13.9. The third-order valence-corrected chi connectivity index (χ3v) is 5.37. The molecule has 0 bridgehead atoms. The van der Waals surface area contributed by atoms with Gasteiger partial charge >= 0.3 is 0 Å². The van der Waals surface area contributed by atoms with E-state index in [1.54, 1.807) is 13.1 Å². The molecule has 1 saturated carbocycles. The zero-order valence-corrected chi connectivity index (χ0v) is 16.8. The second-order valence-corrected chi connectivity index (χ2v) is 7.64. The number of carbonyl (C=O) groups excluding carboxylic acids is 2. The number of aryl methyl sites for hydroxylation is 1. The number of pyridine rings is 1. The zero-order chi connectivity index (χ0) is 20.8. The summed E-state index contributed by atoms with van der Waals surface area (Å²) in [5, 5.41) is 5.95. The van der Waals surface area contributed by atoms with Crippen LogP contribution in [0.5, 0.6) is 0 Å². The van der Waals surface area contributed by atoms with Crippen LogP contribution in [0.25, 0.3) is 0 Å². The summed E-state index contributed by atoms with van der Waals surface area (Å²) in [6.07, 6.45) is 5.55. The molecule has 0 radical (unpaired) electrons. The van der Waals surface area contributed by atoms with Crippen molar-refractivity contribution in [2.75, 3.05) is 6.54 Å². The first kappa shape index (κ1) is 20.7. The Balaban J connectivity index is 1.54. The van der Waals surface area contributed by atoms with Crippen LogP contribution >= 0.6 is 0 Å². The van der Waals surface area contributed by atoms with Gasteiger partial charge in [-0.2, -0.15) is 0 Å². The highest BCUT2D eigenvalue weighted by Gasteiger charge is 2.30. The lowest BCUT2D eigenvalue weighted by Gasteiger charge is -2.34. The van der Waals surface area contributed by atoms with E-state index < -0.39 is 0 Å². The van der Waals surface area contributed by atoms with Crippen molar-refractivity contribution < 1.29 is 9.59 Å². The molecule has 3 rings (SSSR count). The molecule has 2 amide bonds. The van der Waals surface area contributed by atoms with Crippen molar-refractivity contribution in [1.29, 1.82) is 0 Å². The molecule has 2 aromatic heterocycles. The Bertz CT molecular complexity index is 904. The van der Waals surface area contributed by atoms with Crippen LogP contribution in [-0.4, -0.2) is 33.3 Å². The average Bonchev–Trinajstić information content (AvgIpc) is 2.70. The Kier molecular flexibility index (Phi) is 6.74. The lowest BCUT2D eigenvalue weighted by Crippen LogP contribution is -2.37. The maximum absolute atomic E-state index is 12.3. The lowest BCUT2D eigenvalue weighted by molar-refractivity contribution is -0.120. The minimum absolute atomic E-state index is 0.0596. The number of hydrogen-bond acceptors (Lipinski definition) is 5. The third-order valence-electron chi connectivity index (χ3n) is 5.37. The summed E-state index contributed by atoms with van der Waals surface area (Å²) in [4.78, 5) is 46.5. The molecule has 1 fully saturated rings. The van der Waals surface area contributed by atoms with Crippen LogP contribution in [0.1, 0.15) is 60.7 Å². The maximum atomic E-state index is 12.3. The van der Waals surface area contributed by atoms with Crippen molar-refractivity contribution in [2.45, 2.75) is 45.6 Å². The first-order valence-electron chi connectivity index (χ1n) is 9.96.